The lowest BCUT2D eigenvalue weighted by atomic mass is 10.1. The summed E-state index contributed by atoms with van der Waals surface area (Å²) in [6, 6.07) is 0. The van der Waals surface area contributed by atoms with Crippen molar-refractivity contribution in [2.45, 2.75) is 43.4 Å². The lowest BCUT2D eigenvalue weighted by Gasteiger charge is -2.15. The molecule has 19 heavy (non-hydrogen) atoms. The van der Waals surface area contributed by atoms with E-state index in [9.17, 15) is 12.8 Å². The fourth-order valence-corrected chi connectivity index (χ4v) is 4.04. The van der Waals surface area contributed by atoms with Gasteiger partial charge in [-0.3, -0.25) is 4.68 Å². The standard InChI is InChI=1S/C12H19FN2O3S/c1-12(2)5-11(8-18-12)19(16,17)9-10-6-14-15(7-10)4-3-13/h6-7,11H,3-5,8-9H2,1-2H3. The minimum atomic E-state index is -3.26. The van der Waals surface area contributed by atoms with Gasteiger partial charge < -0.3 is 4.74 Å². The van der Waals surface area contributed by atoms with Crippen molar-refractivity contribution in [2.75, 3.05) is 13.3 Å². The second-order valence-electron chi connectivity index (χ2n) is 5.50. The predicted octanol–water partition coefficient (Wildman–Crippen LogP) is 1.33. The Bertz CT molecular complexity index is 539. The molecular weight excluding hydrogens is 271 g/mol. The van der Waals surface area contributed by atoms with Crippen LogP contribution < -0.4 is 0 Å². The molecule has 0 aromatic carbocycles. The highest BCUT2D eigenvalue weighted by Gasteiger charge is 2.39. The number of hydrogen-bond donors (Lipinski definition) is 0. The highest BCUT2D eigenvalue weighted by molar-refractivity contribution is 7.91. The van der Waals surface area contributed by atoms with E-state index < -0.39 is 21.8 Å². The van der Waals surface area contributed by atoms with Crippen LogP contribution in [0.15, 0.2) is 12.4 Å². The van der Waals surface area contributed by atoms with Crippen LogP contribution in [0.5, 0.6) is 0 Å². The van der Waals surface area contributed by atoms with Gasteiger partial charge in [-0.25, -0.2) is 12.8 Å². The van der Waals surface area contributed by atoms with Crippen molar-refractivity contribution < 1.29 is 17.5 Å². The van der Waals surface area contributed by atoms with Crippen LogP contribution >= 0.6 is 0 Å². The Hall–Kier alpha value is -0.950. The van der Waals surface area contributed by atoms with Gasteiger partial charge in [0.1, 0.15) is 6.67 Å². The normalized spacial score (nSPS) is 22.8. The molecule has 1 saturated heterocycles. The fourth-order valence-electron chi connectivity index (χ4n) is 2.26. The Kier molecular flexibility index (Phi) is 3.96. The molecule has 0 amide bonds. The molecule has 1 aliphatic heterocycles. The third-order valence-corrected chi connectivity index (χ3v) is 5.31. The number of aryl methyl sites for hydroxylation is 1. The summed E-state index contributed by atoms with van der Waals surface area (Å²) < 4.78 is 43.6. The van der Waals surface area contributed by atoms with Crippen LogP contribution in [0.25, 0.3) is 0 Å². The van der Waals surface area contributed by atoms with Gasteiger partial charge in [0.15, 0.2) is 9.84 Å². The van der Waals surface area contributed by atoms with Crippen molar-refractivity contribution in [1.82, 2.24) is 9.78 Å². The summed E-state index contributed by atoms with van der Waals surface area (Å²) in [5.74, 6) is -0.0661. The molecule has 1 fully saturated rings. The van der Waals surface area contributed by atoms with Gasteiger partial charge in [-0.15, -0.1) is 0 Å². The van der Waals surface area contributed by atoms with Gasteiger partial charge >= 0.3 is 0 Å². The summed E-state index contributed by atoms with van der Waals surface area (Å²) in [5.41, 5.74) is 0.217. The molecule has 1 aliphatic rings. The third-order valence-electron chi connectivity index (χ3n) is 3.26. The first-order chi connectivity index (χ1) is 8.82. The molecule has 1 aromatic rings. The molecule has 108 valence electrons. The van der Waals surface area contributed by atoms with E-state index in [0.29, 0.717) is 12.0 Å². The molecule has 0 saturated carbocycles. The summed E-state index contributed by atoms with van der Waals surface area (Å²) in [6.07, 6.45) is 3.57. The monoisotopic (exact) mass is 290 g/mol. The van der Waals surface area contributed by atoms with E-state index in [0.717, 1.165) is 0 Å². The van der Waals surface area contributed by atoms with E-state index in [1.165, 1.54) is 10.9 Å². The van der Waals surface area contributed by atoms with Crippen LogP contribution in [0.3, 0.4) is 0 Å². The highest BCUT2D eigenvalue weighted by atomic mass is 32.2. The lowest BCUT2D eigenvalue weighted by molar-refractivity contribution is 0.0368. The number of aromatic nitrogens is 2. The Balaban J connectivity index is 2.04. The quantitative estimate of drug-likeness (QED) is 0.821. The molecule has 1 aromatic heterocycles. The molecule has 2 rings (SSSR count). The van der Waals surface area contributed by atoms with Gasteiger partial charge in [-0.2, -0.15) is 5.10 Å². The maximum Gasteiger partial charge on any atom is 0.159 e. The number of ether oxygens (including phenoxy) is 1. The zero-order chi connectivity index (χ0) is 14.1. The zero-order valence-corrected chi connectivity index (χ0v) is 12.0. The summed E-state index contributed by atoms with van der Waals surface area (Å²) >= 11 is 0. The summed E-state index contributed by atoms with van der Waals surface area (Å²) in [7, 11) is -3.26. The second kappa shape index (κ2) is 5.20. The lowest BCUT2D eigenvalue weighted by Crippen LogP contribution is -2.24. The second-order valence-corrected chi connectivity index (χ2v) is 7.79. The Morgan fingerprint density at radius 2 is 2.32 bits per heavy atom. The number of rotatable bonds is 5. The first kappa shape index (κ1) is 14.5. The van der Waals surface area contributed by atoms with Crippen molar-refractivity contribution in [1.29, 1.82) is 0 Å². The van der Waals surface area contributed by atoms with Gasteiger partial charge in [0.2, 0.25) is 0 Å². The van der Waals surface area contributed by atoms with Crippen molar-refractivity contribution in [3.63, 3.8) is 0 Å². The van der Waals surface area contributed by atoms with Crippen molar-refractivity contribution in [2.24, 2.45) is 0 Å². The van der Waals surface area contributed by atoms with Crippen molar-refractivity contribution in [3.05, 3.63) is 18.0 Å². The average Bonchev–Trinajstić information content (AvgIpc) is 2.85. The number of sulfone groups is 1. The van der Waals surface area contributed by atoms with E-state index in [1.807, 2.05) is 13.8 Å². The van der Waals surface area contributed by atoms with Gasteiger partial charge in [-0.1, -0.05) is 0 Å². The highest BCUT2D eigenvalue weighted by Crippen LogP contribution is 2.30. The first-order valence-electron chi connectivity index (χ1n) is 6.25. The molecule has 0 aliphatic carbocycles. The van der Waals surface area contributed by atoms with E-state index in [-0.39, 0.29) is 24.5 Å². The van der Waals surface area contributed by atoms with Crippen LogP contribution in [-0.4, -0.2) is 42.3 Å². The van der Waals surface area contributed by atoms with Crippen LogP contribution in [-0.2, 0) is 26.9 Å². The molecule has 1 atom stereocenters. The van der Waals surface area contributed by atoms with Crippen LogP contribution in [0, 0.1) is 0 Å². The Morgan fingerprint density at radius 3 is 2.89 bits per heavy atom. The first-order valence-corrected chi connectivity index (χ1v) is 7.97. The van der Waals surface area contributed by atoms with Crippen molar-refractivity contribution >= 4 is 9.84 Å². The van der Waals surface area contributed by atoms with Crippen LogP contribution in [0.1, 0.15) is 25.8 Å². The topological polar surface area (TPSA) is 61.2 Å². The largest absolute Gasteiger partial charge is 0.374 e. The molecule has 7 heteroatoms. The summed E-state index contributed by atoms with van der Waals surface area (Å²) in [5, 5.41) is 3.46. The molecule has 5 nitrogen and oxygen atoms in total. The maximum absolute atomic E-state index is 12.3. The molecule has 1 unspecified atom stereocenters. The van der Waals surface area contributed by atoms with E-state index in [4.69, 9.17) is 4.74 Å². The van der Waals surface area contributed by atoms with Crippen molar-refractivity contribution in [3.8, 4) is 0 Å². The number of nitrogens with zero attached hydrogens (tertiary/aromatic N) is 2. The van der Waals surface area contributed by atoms with Crippen LogP contribution in [0.4, 0.5) is 4.39 Å². The SMILES string of the molecule is CC1(C)CC(S(=O)(=O)Cc2cnn(CCF)c2)CO1. The molecule has 0 spiro atoms. The van der Waals surface area contributed by atoms with Crippen LogP contribution in [0.2, 0.25) is 0 Å². The van der Waals surface area contributed by atoms with Gasteiger partial charge in [0.25, 0.3) is 0 Å². The number of hydrogen-bond acceptors (Lipinski definition) is 4. The maximum atomic E-state index is 12.3. The summed E-state index contributed by atoms with van der Waals surface area (Å²) in [4.78, 5) is 0. The number of alkyl halides is 1. The smallest absolute Gasteiger partial charge is 0.159 e. The van der Waals surface area contributed by atoms with E-state index in [2.05, 4.69) is 5.10 Å². The van der Waals surface area contributed by atoms with Gasteiger partial charge in [0, 0.05) is 11.8 Å². The van der Waals surface area contributed by atoms with E-state index >= 15 is 0 Å². The molecule has 0 N–H and O–H groups in total. The average molecular weight is 290 g/mol. The minimum absolute atomic E-state index is 0.0661. The third kappa shape index (κ3) is 3.54. The molecule has 0 bridgehead atoms. The minimum Gasteiger partial charge on any atom is -0.374 e. The Labute approximate surface area is 112 Å². The predicted molar refractivity (Wildman–Crippen MR) is 69.3 cm³/mol. The molecule has 2 heterocycles. The van der Waals surface area contributed by atoms with E-state index in [1.54, 1.807) is 6.20 Å². The molecule has 0 radical (unpaired) electrons. The zero-order valence-electron chi connectivity index (χ0n) is 11.2. The number of halogens is 1. The summed E-state index contributed by atoms with van der Waals surface area (Å²) in [6.45, 7) is 3.66. The Morgan fingerprint density at radius 1 is 1.58 bits per heavy atom. The van der Waals surface area contributed by atoms with Gasteiger partial charge in [0.05, 0.1) is 36.0 Å². The fraction of sp³-hybridized carbons (Fsp3) is 0.750. The van der Waals surface area contributed by atoms with Gasteiger partial charge in [-0.05, 0) is 20.3 Å². The molecular formula is C12H19FN2O3S.